The summed E-state index contributed by atoms with van der Waals surface area (Å²) in [6.07, 6.45) is 20.3. The van der Waals surface area contributed by atoms with E-state index in [-0.39, 0.29) is 135 Å². The third kappa shape index (κ3) is 14.1. The zero-order chi connectivity index (χ0) is 97.6. The number of benzene rings is 17. The Hall–Kier alpha value is -15.0. The van der Waals surface area contributed by atoms with Gasteiger partial charge >= 0.3 is 0 Å². The number of aliphatic hydroxyl groups excluding tert-OH is 2. The third-order valence-electron chi connectivity index (χ3n) is 31.4. The van der Waals surface area contributed by atoms with Crippen molar-refractivity contribution >= 4 is 200 Å². The van der Waals surface area contributed by atoms with Crippen LogP contribution in [0.25, 0.3) is 129 Å². The molecule has 6 aliphatic heterocycles. The molecule has 0 atom stereocenters. The van der Waals surface area contributed by atoms with E-state index < -0.39 is 47.3 Å². The molecular formula is C120H106N6O16. The van der Waals surface area contributed by atoms with Gasteiger partial charge in [-0.2, -0.15) is 0 Å². The molecule has 0 bridgehead atoms. The van der Waals surface area contributed by atoms with E-state index in [0.29, 0.717) is 121 Å². The molecule has 0 radical (unpaired) electrons. The van der Waals surface area contributed by atoms with Gasteiger partial charge in [-0.05, 0) is 235 Å². The summed E-state index contributed by atoms with van der Waals surface area (Å²) in [7, 11) is 0. The first-order valence-corrected chi connectivity index (χ1v) is 50.9. The molecule has 0 fully saturated rings. The van der Waals surface area contributed by atoms with Gasteiger partial charge in [0.15, 0.2) is 0 Å². The van der Waals surface area contributed by atoms with Crippen LogP contribution in [-0.4, -0.2) is 162 Å². The number of nitrogens with zero attached hydrogens (tertiary/aromatic N) is 6. The van der Waals surface area contributed by atoms with E-state index in [1.54, 1.807) is 94.7 Å². The van der Waals surface area contributed by atoms with Crippen molar-refractivity contribution in [3.63, 3.8) is 0 Å². The third-order valence-corrected chi connectivity index (χ3v) is 31.4. The number of hydrogen-bond acceptors (Lipinski definition) is 16. The Kier molecular flexibility index (Phi) is 23.2. The number of carbonyl (C=O) groups is 12. The van der Waals surface area contributed by atoms with Crippen molar-refractivity contribution in [2.24, 2.45) is 0 Å². The smallest absolute Gasteiger partial charge is 0.261 e. The summed E-state index contributed by atoms with van der Waals surface area (Å²) in [6, 6.07) is 53.8. The molecule has 2 N–H and O–H groups in total. The summed E-state index contributed by atoms with van der Waals surface area (Å²) in [5, 5.41) is 35.4. The van der Waals surface area contributed by atoms with Crippen molar-refractivity contribution in [3.05, 3.63) is 260 Å². The van der Waals surface area contributed by atoms with Crippen LogP contribution in [0.3, 0.4) is 0 Å². The molecule has 0 aliphatic carbocycles. The fourth-order valence-electron chi connectivity index (χ4n) is 24.5. The lowest BCUT2D eigenvalue weighted by atomic mass is 9.81. The quantitative estimate of drug-likeness (QED) is 0.0157. The van der Waals surface area contributed by atoms with Crippen LogP contribution in [0.1, 0.15) is 304 Å². The molecule has 23 rings (SSSR count). The fourth-order valence-corrected chi connectivity index (χ4v) is 24.5. The molecule has 6 aliphatic rings. The van der Waals surface area contributed by atoms with Gasteiger partial charge < -0.3 is 19.7 Å². The number of amides is 12. The van der Waals surface area contributed by atoms with Crippen molar-refractivity contribution in [3.8, 4) is 23.0 Å². The zero-order valence-corrected chi connectivity index (χ0v) is 80.0. The highest BCUT2D eigenvalue weighted by Crippen LogP contribution is 2.56. The standard InChI is InChI=1S/C120H106N6O16/c1-5-9-13-17-23-67(24-18-14-10-6-2)125-117(137)87-49-39-75-71-35-45-81-99-82(46-36-72(95(71)99)76-40-50-88(118(125)138)101(87)97(75)76)112(132)123(111(81)131)59-55-65-27-31-69(32-28-65)141-93-63-91-103-85(109(129)121(115(91)135)57-21-61-127)54-44-80-106-94(64-92-104-86(110(130)122(116(92)136)58-22-62-128)53-43-79(108(104)106)105(93)107(80)103)142-70-33-29-66(30-34-70)56-60-124-113(133)83-47-37-73-77-41-51-89-102-90(52-42-78(98(77)102)74-38-48-84(114(124)134)100(83)96(73)74)120(140)126(119(89)139)68(25-19-15-11-7-3)26-20-16-12-8-4/h27-54,63-64,67-68,127-128H,5-26,55-62H2,1-4H3. The van der Waals surface area contributed by atoms with Crippen molar-refractivity contribution in [2.75, 3.05) is 39.4 Å². The molecule has 712 valence electrons. The summed E-state index contributed by atoms with van der Waals surface area (Å²) < 4.78 is 14.1. The number of unbranched alkanes of at least 4 members (excludes halogenated alkanes) is 12. The van der Waals surface area contributed by atoms with Gasteiger partial charge in [-0.3, -0.25) is 86.9 Å². The Labute approximate surface area is 818 Å². The molecule has 22 nitrogen and oxygen atoms in total. The lowest BCUT2D eigenvalue weighted by Gasteiger charge is -2.35. The lowest BCUT2D eigenvalue weighted by molar-refractivity contribution is 0.0501. The van der Waals surface area contributed by atoms with Gasteiger partial charge in [-0.1, -0.05) is 215 Å². The maximum absolute atomic E-state index is 15.2. The average Bonchev–Trinajstić information content (AvgIpc) is 0.685. The number of carbonyl (C=O) groups excluding carboxylic acids is 12. The molecule has 0 spiro atoms. The number of fused-ring (bicyclic) bond motifs is 6. The predicted octanol–water partition coefficient (Wildman–Crippen LogP) is 24.9. The predicted molar refractivity (Wildman–Crippen MR) is 552 cm³/mol. The zero-order valence-electron chi connectivity index (χ0n) is 80.0. The van der Waals surface area contributed by atoms with Crippen LogP contribution in [0.2, 0.25) is 0 Å². The van der Waals surface area contributed by atoms with Crippen LogP contribution in [-0.2, 0) is 12.8 Å². The molecule has 0 unspecified atom stereocenters. The molecule has 22 heteroatoms. The molecule has 0 aromatic heterocycles. The minimum absolute atomic E-state index is 0.0111. The minimum Gasteiger partial charge on any atom is -0.457 e. The Bertz CT molecular complexity index is 7600. The van der Waals surface area contributed by atoms with E-state index in [2.05, 4.69) is 27.7 Å². The van der Waals surface area contributed by atoms with Crippen LogP contribution < -0.4 is 9.47 Å². The van der Waals surface area contributed by atoms with Gasteiger partial charge in [-0.25, -0.2) is 0 Å². The molecule has 142 heavy (non-hydrogen) atoms. The van der Waals surface area contributed by atoms with Crippen LogP contribution >= 0.6 is 0 Å². The Morgan fingerprint density at radius 1 is 0.218 bits per heavy atom. The first-order valence-electron chi connectivity index (χ1n) is 50.9. The first-order chi connectivity index (χ1) is 69.3. The van der Waals surface area contributed by atoms with E-state index in [1.807, 2.05) is 97.1 Å². The lowest BCUT2D eigenvalue weighted by Crippen LogP contribution is -2.47. The number of aliphatic hydroxyl groups is 2. The summed E-state index contributed by atoms with van der Waals surface area (Å²) in [6.45, 7) is 7.94. The molecular weight excluding hydrogens is 1780 g/mol. The van der Waals surface area contributed by atoms with Gasteiger partial charge in [0.1, 0.15) is 23.0 Å². The van der Waals surface area contributed by atoms with Gasteiger partial charge in [0.2, 0.25) is 0 Å². The molecule has 6 heterocycles. The molecule has 0 saturated heterocycles. The van der Waals surface area contributed by atoms with E-state index >= 15 is 28.8 Å². The highest BCUT2D eigenvalue weighted by Gasteiger charge is 2.46. The summed E-state index contributed by atoms with van der Waals surface area (Å²) in [5.74, 6) is -4.35. The Balaban J connectivity index is 0.538. The molecule has 12 amide bonds. The van der Waals surface area contributed by atoms with Gasteiger partial charge in [0.25, 0.3) is 70.9 Å². The van der Waals surface area contributed by atoms with Crippen molar-refractivity contribution in [1.82, 2.24) is 29.4 Å². The van der Waals surface area contributed by atoms with Crippen LogP contribution in [0.5, 0.6) is 23.0 Å². The molecule has 17 aromatic carbocycles. The number of rotatable bonds is 38. The maximum atomic E-state index is 15.2. The van der Waals surface area contributed by atoms with Gasteiger partial charge in [0.05, 0.1) is 11.1 Å². The van der Waals surface area contributed by atoms with E-state index in [0.717, 1.165) is 214 Å². The maximum Gasteiger partial charge on any atom is 0.261 e. The Morgan fingerprint density at radius 2 is 0.444 bits per heavy atom. The monoisotopic (exact) mass is 1890 g/mol. The second kappa shape index (κ2) is 36.3. The Morgan fingerprint density at radius 3 is 0.690 bits per heavy atom. The highest BCUT2D eigenvalue weighted by molar-refractivity contribution is 6.46. The average molecular weight is 1890 g/mol. The summed E-state index contributed by atoms with van der Waals surface area (Å²) in [5.41, 5.74) is 5.62. The van der Waals surface area contributed by atoms with Gasteiger partial charge in [-0.15, -0.1) is 0 Å². The van der Waals surface area contributed by atoms with E-state index in [1.165, 1.54) is 9.80 Å². The summed E-state index contributed by atoms with van der Waals surface area (Å²) >= 11 is 0. The molecule has 0 saturated carbocycles. The number of imide groups is 6. The number of ether oxygens (including phenoxy) is 2. The first kappa shape index (κ1) is 90.8. The van der Waals surface area contributed by atoms with Crippen molar-refractivity contribution in [1.29, 1.82) is 0 Å². The number of hydrogen-bond donors (Lipinski definition) is 2. The topological polar surface area (TPSA) is 283 Å². The fraction of sp³-hybridized carbons (Fsp3) is 0.300. The van der Waals surface area contributed by atoms with E-state index in [9.17, 15) is 39.0 Å². The highest BCUT2D eigenvalue weighted by atomic mass is 16.5. The summed E-state index contributed by atoms with van der Waals surface area (Å²) in [4.78, 5) is 188. The second-order valence-electron chi connectivity index (χ2n) is 39.6. The van der Waals surface area contributed by atoms with Crippen molar-refractivity contribution in [2.45, 2.75) is 194 Å². The van der Waals surface area contributed by atoms with Crippen molar-refractivity contribution < 1.29 is 77.2 Å². The normalized spacial score (nSPS) is 14.9. The van der Waals surface area contributed by atoms with Crippen LogP contribution in [0, 0.1) is 0 Å². The second-order valence-corrected chi connectivity index (χ2v) is 39.6. The van der Waals surface area contributed by atoms with Crippen LogP contribution in [0.15, 0.2) is 182 Å². The van der Waals surface area contributed by atoms with Gasteiger partial charge in [0, 0.05) is 161 Å². The minimum atomic E-state index is -0.629. The largest absolute Gasteiger partial charge is 0.457 e. The van der Waals surface area contributed by atoms with E-state index in [4.69, 9.17) is 9.47 Å². The van der Waals surface area contributed by atoms with Crippen LogP contribution in [0.4, 0.5) is 0 Å². The molecule has 17 aromatic rings. The SMILES string of the molecule is CCCCCCC(CCCCCC)N1C(=O)c2ccc3c4ccc5c6c(ccc(c7ccc(c2c37)C1=O)c64)C(=O)N(CCc1ccc(Oc2cc3c4c(ccc6c7c(Oc8ccc(CCN9C(=O)c%10ccc%11c%12ccc%13c%14c(ccc(c%15ccc(c%10c%11%15)C9=O)c%14%12)C(=O)N(C(CCCCCC)CCCCCC)C%13=O)cc8)cc8c9c(ccc(c2c46)c97)C(=O)N(CCCO)C8=O)C(=O)N(CCCO)C3=O)cc1)C5=O.